The molecule has 0 bridgehead atoms. The van der Waals surface area contributed by atoms with Gasteiger partial charge in [-0.05, 0) is 24.1 Å². The molecule has 0 radical (unpaired) electrons. The van der Waals surface area contributed by atoms with Crippen molar-refractivity contribution in [3.05, 3.63) is 34.1 Å². The molecule has 0 aliphatic rings. The predicted octanol–water partition coefficient (Wildman–Crippen LogP) is 2.47. The van der Waals surface area contributed by atoms with Crippen LogP contribution < -0.4 is 0 Å². The van der Waals surface area contributed by atoms with Crippen LogP contribution in [0.2, 0.25) is 0 Å². The molecule has 0 amide bonds. The minimum Gasteiger partial charge on any atom is -0.396 e. The molecule has 0 spiro atoms. The summed E-state index contributed by atoms with van der Waals surface area (Å²) in [6.45, 7) is -0.00540. The number of Topliss-reactive ketones (excluding diaryl/α,β-unsaturated/α-hetero) is 1. The molecule has 0 saturated carbocycles. The SMILES string of the molecule is O=C(CCCO)Cc1ccc(Br)cc1F. The summed E-state index contributed by atoms with van der Waals surface area (Å²) in [7, 11) is 0. The van der Waals surface area contributed by atoms with Crippen LogP contribution in [0.5, 0.6) is 0 Å². The van der Waals surface area contributed by atoms with Gasteiger partial charge >= 0.3 is 0 Å². The van der Waals surface area contributed by atoms with Crippen LogP contribution in [-0.4, -0.2) is 17.5 Å². The second-order valence-electron chi connectivity index (χ2n) is 3.28. The Morgan fingerprint density at radius 3 is 2.80 bits per heavy atom. The first kappa shape index (κ1) is 12.3. The molecule has 1 aromatic rings. The van der Waals surface area contributed by atoms with Gasteiger partial charge in [-0.25, -0.2) is 4.39 Å². The molecular formula is C11H12BrFO2. The van der Waals surface area contributed by atoms with Gasteiger partial charge in [0.1, 0.15) is 11.6 Å². The first-order valence-corrected chi connectivity index (χ1v) is 5.49. The smallest absolute Gasteiger partial charge is 0.137 e. The molecule has 0 aliphatic heterocycles. The van der Waals surface area contributed by atoms with Crippen molar-refractivity contribution in [1.82, 2.24) is 0 Å². The summed E-state index contributed by atoms with van der Waals surface area (Å²) in [6.07, 6.45) is 0.835. The number of aliphatic hydroxyl groups excluding tert-OH is 1. The average Bonchev–Trinajstić information content (AvgIpc) is 2.19. The molecule has 0 heterocycles. The number of carbonyl (C=O) groups is 1. The van der Waals surface area contributed by atoms with Crippen molar-refractivity contribution in [3.63, 3.8) is 0 Å². The number of ketones is 1. The van der Waals surface area contributed by atoms with Gasteiger partial charge in [0.05, 0.1) is 0 Å². The zero-order valence-electron chi connectivity index (χ0n) is 8.17. The number of halogens is 2. The topological polar surface area (TPSA) is 37.3 Å². The Kier molecular flexibility index (Phi) is 4.91. The predicted molar refractivity (Wildman–Crippen MR) is 59.1 cm³/mol. The molecule has 1 N–H and O–H groups in total. The van der Waals surface area contributed by atoms with E-state index in [-0.39, 0.29) is 24.6 Å². The van der Waals surface area contributed by atoms with Crippen LogP contribution in [0.4, 0.5) is 4.39 Å². The monoisotopic (exact) mass is 274 g/mol. The number of benzene rings is 1. The molecule has 2 nitrogen and oxygen atoms in total. The van der Waals surface area contributed by atoms with E-state index in [1.54, 1.807) is 12.1 Å². The number of rotatable bonds is 5. The van der Waals surface area contributed by atoms with E-state index in [1.165, 1.54) is 6.07 Å². The third kappa shape index (κ3) is 4.10. The molecule has 0 unspecified atom stereocenters. The summed E-state index contributed by atoms with van der Waals surface area (Å²) in [5, 5.41) is 8.54. The first-order valence-electron chi connectivity index (χ1n) is 4.70. The Hall–Kier alpha value is -0.740. The van der Waals surface area contributed by atoms with E-state index in [0.717, 1.165) is 0 Å². The molecule has 0 saturated heterocycles. The summed E-state index contributed by atoms with van der Waals surface area (Å²) in [5.74, 6) is -0.424. The molecule has 0 aliphatic carbocycles. The highest BCUT2D eigenvalue weighted by atomic mass is 79.9. The van der Waals surface area contributed by atoms with Crippen molar-refractivity contribution in [2.45, 2.75) is 19.3 Å². The largest absolute Gasteiger partial charge is 0.396 e. The van der Waals surface area contributed by atoms with Crippen molar-refractivity contribution in [2.75, 3.05) is 6.61 Å². The normalized spacial score (nSPS) is 10.3. The molecule has 4 heteroatoms. The molecule has 0 aromatic heterocycles. The lowest BCUT2D eigenvalue weighted by Gasteiger charge is -2.02. The highest BCUT2D eigenvalue weighted by Gasteiger charge is 2.08. The fraction of sp³-hybridized carbons (Fsp3) is 0.364. The Labute approximate surface area is 96.2 Å². The zero-order chi connectivity index (χ0) is 11.3. The van der Waals surface area contributed by atoms with Gasteiger partial charge in [-0.2, -0.15) is 0 Å². The lowest BCUT2D eigenvalue weighted by Crippen LogP contribution is -2.05. The fourth-order valence-corrected chi connectivity index (χ4v) is 1.58. The second kappa shape index (κ2) is 5.98. The van der Waals surface area contributed by atoms with Crippen LogP contribution in [0.1, 0.15) is 18.4 Å². The lowest BCUT2D eigenvalue weighted by molar-refractivity contribution is -0.118. The van der Waals surface area contributed by atoms with Crippen LogP contribution >= 0.6 is 15.9 Å². The van der Waals surface area contributed by atoms with Gasteiger partial charge in [-0.15, -0.1) is 0 Å². The van der Waals surface area contributed by atoms with Gasteiger partial charge in [-0.3, -0.25) is 4.79 Å². The van der Waals surface area contributed by atoms with Crippen molar-refractivity contribution in [1.29, 1.82) is 0 Å². The number of carbonyl (C=O) groups excluding carboxylic acids is 1. The van der Waals surface area contributed by atoms with Crippen LogP contribution in [0.15, 0.2) is 22.7 Å². The quantitative estimate of drug-likeness (QED) is 0.896. The summed E-state index contributed by atoms with van der Waals surface area (Å²) >= 11 is 3.15. The van der Waals surface area contributed by atoms with E-state index in [4.69, 9.17) is 5.11 Å². The fourth-order valence-electron chi connectivity index (χ4n) is 1.24. The third-order valence-electron chi connectivity index (χ3n) is 2.02. The Morgan fingerprint density at radius 1 is 1.47 bits per heavy atom. The number of hydrogen-bond acceptors (Lipinski definition) is 2. The summed E-state index contributed by atoms with van der Waals surface area (Å²) in [6, 6.07) is 4.64. The van der Waals surface area contributed by atoms with E-state index in [9.17, 15) is 9.18 Å². The molecule has 82 valence electrons. The van der Waals surface area contributed by atoms with E-state index >= 15 is 0 Å². The van der Waals surface area contributed by atoms with Crippen LogP contribution in [0.25, 0.3) is 0 Å². The Bertz CT molecular complexity index is 352. The van der Waals surface area contributed by atoms with Crippen molar-refractivity contribution >= 4 is 21.7 Å². The van der Waals surface area contributed by atoms with Crippen molar-refractivity contribution in [3.8, 4) is 0 Å². The van der Waals surface area contributed by atoms with Crippen molar-refractivity contribution in [2.24, 2.45) is 0 Å². The minimum absolute atomic E-state index is 0.00540. The lowest BCUT2D eigenvalue weighted by atomic mass is 10.1. The maximum atomic E-state index is 13.3. The Balaban J connectivity index is 2.60. The van der Waals surface area contributed by atoms with Crippen molar-refractivity contribution < 1.29 is 14.3 Å². The standard InChI is InChI=1S/C11H12BrFO2/c12-9-4-3-8(11(13)7-9)6-10(15)2-1-5-14/h3-4,7,14H,1-2,5-6H2. The average molecular weight is 275 g/mol. The van der Waals surface area contributed by atoms with Gasteiger partial charge in [0.2, 0.25) is 0 Å². The summed E-state index contributed by atoms with van der Waals surface area (Å²) in [4.78, 5) is 11.3. The number of hydrogen-bond donors (Lipinski definition) is 1. The zero-order valence-corrected chi connectivity index (χ0v) is 9.76. The molecule has 0 atom stereocenters. The van der Waals surface area contributed by atoms with E-state index in [2.05, 4.69) is 15.9 Å². The number of aliphatic hydroxyl groups is 1. The van der Waals surface area contributed by atoms with Gasteiger partial charge in [0.15, 0.2) is 0 Å². The minimum atomic E-state index is -0.373. The molecule has 15 heavy (non-hydrogen) atoms. The third-order valence-corrected chi connectivity index (χ3v) is 2.51. The van der Waals surface area contributed by atoms with E-state index in [0.29, 0.717) is 22.9 Å². The highest BCUT2D eigenvalue weighted by Crippen LogP contribution is 2.16. The van der Waals surface area contributed by atoms with Crippen LogP contribution in [0.3, 0.4) is 0 Å². The summed E-state index contributed by atoms with van der Waals surface area (Å²) < 4.78 is 14.0. The maximum absolute atomic E-state index is 13.3. The van der Waals surface area contributed by atoms with Gasteiger partial charge in [-0.1, -0.05) is 22.0 Å². The van der Waals surface area contributed by atoms with E-state index in [1.807, 2.05) is 0 Å². The molecule has 1 rings (SSSR count). The second-order valence-corrected chi connectivity index (χ2v) is 4.19. The van der Waals surface area contributed by atoms with E-state index < -0.39 is 0 Å². The van der Waals surface area contributed by atoms with Gasteiger partial charge in [0, 0.05) is 23.9 Å². The van der Waals surface area contributed by atoms with Crippen LogP contribution in [0, 0.1) is 5.82 Å². The first-order chi connectivity index (χ1) is 7.13. The Morgan fingerprint density at radius 2 is 2.20 bits per heavy atom. The van der Waals surface area contributed by atoms with Gasteiger partial charge < -0.3 is 5.11 Å². The van der Waals surface area contributed by atoms with Crippen LogP contribution in [-0.2, 0) is 11.2 Å². The van der Waals surface area contributed by atoms with Gasteiger partial charge in [0.25, 0.3) is 0 Å². The molecule has 0 fully saturated rings. The molecular weight excluding hydrogens is 263 g/mol. The highest BCUT2D eigenvalue weighted by molar-refractivity contribution is 9.10. The summed E-state index contributed by atoms with van der Waals surface area (Å²) in [5.41, 5.74) is 0.404. The maximum Gasteiger partial charge on any atom is 0.137 e. The molecule has 1 aromatic carbocycles.